The van der Waals surface area contributed by atoms with Gasteiger partial charge in [-0.1, -0.05) is 13.3 Å². The second-order valence-corrected chi connectivity index (χ2v) is 5.09. The number of amides is 1. The molecule has 0 fully saturated rings. The number of hydrogen-bond acceptors (Lipinski definition) is 2. The van der Waals surface area contributed by atoms with Gasteiger partial charge in [-0.05, 0) is 37.6 Å². The lowest BCUT2D eigenvalue weighted by Gasteiger charge is -2.13. The molecule has 1 amide bonds. The first-order valence-corrected chi connectivity index (χ1v) is 6.92. The van der Waals surface area contributed by atoms with Crippen molar-refractivity contribution in [1.82, 2.24) is 9.88 Å². The van der Waals surface area contributed by atoms with E-state index in [9.17, 15) is 4.79 Å². The molecule has 0 radical (unpaired) electrons. The predicted molar refractivity (Wildman–Crippen MR) is 79.2 cm³/mol. The van der Waals surface area contributed by atoms with E-state index in [1.807, 2.05) is 35.9 Å². The number of nitrogens with zero attached hydrogens (tertiary/aromatic N) is 2. The van der Waals surface area contributed by atoms with Gasteiger partial charge in [0.25, 0.3) is 0 Å². The summed E-state index contributed by atoms with van der Waals surface area (Å²) < 4.78 is 1.91. The molecule has 2 rings (SSSR count). The average Bonchev–Trinajstić information content (AvgIpc) is 2.81. The van der Waals surface area contributed by atoms with E-state index >= 15 is 0 Å². The van der Waals surface area contributed by atoms with E-state index in [1.165, 1.54) is 0 Å². The molecule has 4 heteroatoms. The quantitative estimate of drug-likeness (QED) is 0.907. The summed E-state index contributed by atoms with van der Waals surface area (Å²) in [5.74, 6) is 0.0211. The molecular formula is C16H19N3O. The summed E-state index contributed by atoms with van der Waals surface area (Å²) in [6, 6.07) is 9.75. The van der Waals surface area contributed by atoms with Crippen LogP contribution in [0.3, 0.4) is 0 Å². The number of nitriles is 1. The molecule has 0 bridgehead atoms. The van der Waals surface area contributed by atoms with Crippen molar-refractivity contribution in [1.29, 1.82) is 5.26 Å². The number of aromatic nitrogens is 1. The Morgan fingerprint density at radius 1 is 1.45 bits per heavy atom. The van der Waals surface area contributed by atoms with Crippen molar-refractivity contribution in [3.63, 3.8) is 0 Å². The third-order valence-electron chi connectivity index (χ3n) is 3.34. The van der Waals surface area contributed by atoms with Crippen molar-refractivity contribution in [2.75, 3.05) is 0 Å². The van der Waals surface area contributed by atoms with Crippen molar-refractivity contribution in [3.8, 4) is 6.07 Å². The first-order chi connectivity index (χ1) is 9.63. The van der Waals surface area contributed by atoms with Crippen LogP contribution in [0.15, 0.2) is 30.5 Å². The van der Waals surface area contributed by atoms with Gasteiger partial charge in [0.15, 0.2) is 0 Å². The Balaban J connectivity index is 2.10. The van der Waals surface area contributed by atoms with Crippen molar-refractivity contribution >= 4 is 16.8 Å². The standard InChI is InChI=1S/C16H19N3O/c1-3-4-12(2)18-16(20)11-19-8-7-14-9-13(10-17)5-6-15(14)19/h5-9,12H,3-4,11H2,1-2H3,(H,18,20). The lowest BCUT2D eigenvalue weighted by Crippen LogP contribution is -2.34. The van der Waals surface area contributed by atoms with Gasteiger partial charge in [-0.2, -0.15) is 5.26 Å². The molecule has 4 nitrogen and oxygen atoms in total. The van der Waals surface area contributed by atoms with Crippen molar-refractivity contribution in [2.45, 2.75) is 39.3 Å². The summed E-state index contributed by atoms with van der Waals surface area (Å²) in [7, 11) is 0. The van der Waals surface area contributed by atoms with Gasteiger partial charge < -0.3 is 9.88 Å². The molecule has 0 aliphatic heterocycles. The number of fused-ring (bicyclic) bond motifs is 1. The molecule has 1 unspecified atom stereocenters. The van der Waals surface area contributed by atoms with E-state index < -0.39 is 0 Å². The zero-order chi connectivity index (χ0) is 14.5. The minimum Gasteiger partial charge on any atom is -0.352 e. The summed E-state index contributed by atoms with van der Waals surface area (Å²) in [6.07, 6.45) is 3.93. The Morgan fingerprint density at radius 3 is 2.95 bits per heavy atom. The second-order valence-electron chi connectivity index (χ2n) is 5.09. The molecule has 20 heavy (non-hydrogen) atoms. The van der Waals surface area contributed by atoms with Crippen LogP contribution < -0.4 is 5.32 Å². The summed E-state index contributed by atoms with van der Waals surface area (Å²) >= 11 is 0. The maximum absolute atomic E-state index is 12.0. The van der Waals surface area contributed by atoms with Crippen LogP contribution in [-0.4, -0.2) is 16.5 Å². The van der Waals surface area contributed by atoms with Gasteiger partial charge >= 0.3 is 0 Å². The van der Waals surface area contributed by atoms with E-state index in [-0.39, 0.29) is 11.9 Å². The Bertz CT molecular complexity index is 651. The molecule has 1 N–H and O–H groups in total. The van der Waals surface area contributed by atoms with Crippen LogP contribution in [0.4, 0.5) is 0 Å². The minimum absolute atomic E-state index is 0.0211. The van der Waals surface area contributed by atoms with E-state index in [0.717, 1.165) is 23.7 Å². The molecule has 1 aromatic heterocycles. The van der Waals surface area contributed by atoms with Crippen LogP contribution in [-0.2, 0) is 11.3 Å². The van der Waals surface area contributed by atoms with Gasteiger partial charge in [-0.15, -0.1) is 0 Å². The first-order valence-electron chi connectivity index (χ1n) is 6.92. The Hall–Kier alpha value is -2.28. The zero-order valence-electron chi connectivity index (χ0n) is 11.9. The lowest BCUT2D eigenvalue weighted by atomic mass is 10.2. The van der Waals surface area contributed by atoms with Crippen LogP contribution in [0, 0.1) is 11.3 Å². The highest BCUT2D eigenvalue weighted by Crippen LogP contribution is 2.17. The molecule has 1 atom stereocenters. The molecular weight excluding hydrogens is 250 g/mol. The number of hydrogen-bond donors (Lipinski definition) is 1. The summed E-state index contributed by atoms with van der Waals surface area (Å²) in [5.41, 5.74) is 1.61. The van der Waals surface area contributed by atoms with Crippen molar-refractivity contribution in [3.05, 3.63) is 36.0 Å². The number of carbonyl (C=O) groups is 1. The largest absolute Gasteiger partial charge is 0.352 e. The normalized spacial score (nSPS) is 12.1. The number of carbonyl (C=O) groups excluding carboxylic acids is 1. The predicted octanol–water partition coefficient (Wildman–Crippen LogP) is 2.82. The van der Waals surface area contributed by atoms with Crippen LogP contribution in [0.25, 0.3) is 10.9 Å². The highest BCUT2D eigenvalue weighted by Gasteiger charge is 2.09. The molecule has 2 aromatic rings. The third kappa shape index (κ3) is 3.18. The first kappa shape index (κ1) is 14.1. The maximum atomic E-state index is 12.0. The molecule has 0 aliphatic rings. The Labute approximate surface area is 119 Å². The number of nitrogens with one attached hydrogen (secondary N) is 1. The van der Waals surface area contributed by atoms with E-state index in [4.69, 9.17) is 5.26 Å². The second kappa shape index (κ2) is 6.25. The number of rotatable bonds is 5. The van der Waals surface area contributed by atoms with Crippen LogP contribution >= 0.6 is 0 Å². The topological polar surface area (TPSA) is 57.8 Å². The fourth-order valence-electron chi connectivity index (χ4n) is 2.39. The molecule has 104 valence electrons. The van der Waals surface area contributed by atoms with E-state index in [1.54, 1.807) is 6.07 Å². The summed E-state index contributed by atoms with van der Waals surface area (Å²) in [5, 5.41) is 12.9. The van der Waals surface area contributed by atoms with Crippen LogP contribution in [0.5, 0.6) is 0 Å². The highest BCUT2D eigenvalue weighted by molar-refractivity contribution is 5.84. The van der Waals surface area contributed by atoms with Crippen molar-refractivity contribution in [2.24, 2.45) is 0 Å². The summed E-state index contributed by atoms with van der Waals surface area (Å²) in [6.45, 7) is 4.44. The summed E-state index contributed by atoms with van der Waals surface area (Å²) in [4.78, 5) is 12.0. The molecule has 1 aromatic carbocycles. The maximum Gasteiger partial charge on any atom is 0.240 e. The van der Waals surface area contributed by atoms with Crippen molar-refractivity contribution < 1.29 is 4.79 Å². The van der Waals surface area contributed by atoms with Gasteiger partial charge in [0.2, 0.25) is 5.91 Å². The molecule has 1 heterocycles. The molecule has 0 aliphatic carbocycles. The Morgan fingerprint density at radius 2 is 2.25 bits per heavy atom. The van der Waals surface area contributed by atoms with Gasteiger partial charge in [0, 0.05) is 23.1 Å². The molecule has 0 saturated heterocycles. The smallest absolute Gasteiger partial charge is 0.240 e. The highest BCUT2D eigenvalue weighted by atomic mass is 16.2. The van der Waals surface area contributed by atoms with Gasteiger partial charge in [-0.25, -0.2) is 0 Å². The van der Waals surface area contributed by atoms with E-state index in [2.05, 4.69) is 18.3 Å². The molecule has 0 saturated carbocycles. The fraction of sp³-hybridized carbons (Fsp3) is 0.375. The zero-order valence-corrected chi connectivity index (χ0v) is 11.9. The van der Waals surface area contributed by atoms with Gasteiger partial charge in [-0.3, -0.25) is 4.79 Å². The average molecular weight is 269 g/mol. The van der Waals surface area contributed by atoms with Gasteiger partial charge in [0.05, 0.1) is 11.6 Å². The van der Waals surface area contributed by atoms with Crippen LogP contribution in [0.1, 0.15) is 32.3 Å². The van der Waals surface area contributed by atoms with Gasteiger partial charge in [0.1, 0.15) is 6.54 Å². The lowest BCUT2D eigenvalue weighted by molar-refractivity contribution is -0.122. The van der Waals surface area contributed by atoms with Crippen LogP contribution in [0.2, 0.25) is 0 Å². The SMILES string of the molecule is CCCC(C)NC(=O)Cn1ccc2cc(C#N)ccc21. The third-order valence-corrected chi connectivity index (χ3v) is 3.34. The molecule has 0 spiro atoms. The monoisotopic (exact) mass is 269 g/mol. The minimum atomic E-state index is 0.0211. The number of benzene rings is 1. The Kier molecular flexibility index (Phi) is 4.41. The fourth-order valence-corrected chi connectivity index (χ4v) is 2.39. The van der Waals surface area contributed by atoms with E-state index in [0.29, 0.717) is 12.1 Å².